The van der Waals surface area contributed by atoms with E-state index in [1.807, 2.05) is 521 Å². The summed E-state index contributed by atoms with van der Waals surface area (Å²) in [6.45, 7) is 0. The number of hydrogen-bond donors (Lipinski definition) is 1. The molecule has 0 aliphatic rings. The zero-order chi connectivity index (χ0) is 57.7. The lowest BCUT2D eigenvalue weighted by atomic mass is 12.0. The standard InChI is InChI=1S/CH4OS78/c1-79(2)80(4,5)78-77-76-75-74-73-72-71-70-69-68-67-66-65-64-63-62-61-60-59-58-57-56-55-54-53-52-51-50-49-48-47-46-45-44-43-42-41-40-39-38-37-36-35-34-33-32-31-30-29-28-27-26-25-24-23-22-21-20-19-18-17-16-15-14-13-12-11-10-9-8-7-6-3/h3H,1H3. The number of hydrogen-bond acceptors (Lipinski definition) is 77. The highest BCUT2D eigenvalue weighted by atomic mass is 34.1. The van der Waals surface area contributed by atoms with E-state index < -0.39 is 15.4 Å². The quantitative estimate of drug-likeness (QED) is 0.0270. The maximum atomic E-state index is 11.5. The Bertz CT molecular complexity index is 1170. The summed E-state index contributed by atoms with van der Waals surface area (Å²) in [5.74, 6) is 0. The van der Waals surface area contributed by atoms with Crippen LogP contribution in [0.25, 0.3) is 0 Å². The summed E-state index contributed by atoms with van der Waals surface area (Å²) < 4.78 is 11.5. The van der Waals surface area contributed by atoms with E-state index in [2.05, 4.69) is 11.7 Å². The van der Waals surface area contributed by atoms with Crippen LogP contribution in [-0.2, 0) is 37.8 Å². The topological polar surface area (TPSA) is 23.1 Å². The van der Waals surface area contributed by atoms with Crippen LogP contribution in [0, 0.1) is 0 Å². The second kappa shape index (κ2) is 98.4. The third-order valence-electron chi connectivity index (χ3n) is 2.37. The van der Waals surface area contributed by atoms with Crippen molar-refractivity contribution in [2.24, 2.45) is 0 Å². The minimum absolute atomic E-state index is 1.12. The predicted molar refractivity (Wildman–Crippen MR) is 599 cm³/mol. The molecule has 0 N–H and O–H groups in total. The Morgan fingerprint density at radius 3 is 0.375 bits per heavy atom. The summed E-state index contributed by atoms with van der Waals surface area (Å²) in [6, 6.07) is 0. The first-order valence-electron chi connectivity index (χ1n) is 13.4. The monoisotopic (exact) mass is 2530 g/mol. The second-order valence-corrected chi connectivity index (χ2v) is 148. The van der Waals surface area contributed by atoms with Gasteiger partial charge in [0.25, 0.3) is 0 Å². The van der Waals surface area contributed by atoms with Gasteiger partial charge in [-0.25, -0.2) is 0 Å². The Labute approximate surface area is 755 Å². The lowest BCUT2D eigenvalue weighted by Gasteiger charge is -2.08. The van der Waals surface area contributed by atoms with Crippen LogP contribution in [0.5, 0.6) is 0 Å². The molecule has 0 saturated carbocycles. The second-order valence-electron chi connectivity index (χ2n) is 5.78. The van der Waals surface area contributed by atoms with Crippen molar-refractivity contribution in [3.8, 4) is 0 Å². The van der Waals surface area contributed by atoms with E-state index in [0.29, 0.717) is 0 Å². The van der Waals surface area contributed by atoms with E-state index in [9.17, 15) is 4.55 Å². The zero-order valence-electron chi connectivity index (χ0n) is 33.3. The van der Waals surface area contributed by atoms with Crippen LogP contribution >= 0.6 is 729 Å². The SMILES string of the molecule is C[S+]([O-])S(=S)(=S)SSSSSSSSSSSSSSSSSSSSSSSSSSSSSSSSSSSSSSSSSSSSSSSSSSSSSSSSSSSSSSSSSSSSSSSSSS. The molecular formula is CH4OS78. The average Bonchev–Trinajstić information content (AvgIpc) is 3.45. The van der Waals surface area contributed by atoms with Crippen molar-refractivity contribution in [2.45, 2.75) is 0 Å². The highest BCUT2D eigenvalue weighted by molar-refractivity contribution is 9.66. The Hall–Kier alpha value is 27.0. The number of thiol groups is 1. The van der Waals surface area contributed by atoms with Crippen molar-refractivity contribution in [1.82, 2.24) is 0 Å². The van der Waals surface area contributed by atoms with Gasteiger partial charge in [-0.15, -0.1) is 0 Å². The van der Waals surface area contributed by atoms with Gasteiger partial charge in [-0.1, -0.05) is 11.7 Å². The summed E-state index contributed by atoms with van der Waals surface area (Å²) >= 11 is 14.5. The van der Waals surface area contributed by atoms with E-state index in [1.54, 1.807) is 173 Å². The predicted octanol–water partition coefficient (Wildman–Crippen LogP) is 47.5. The van der Waals surface area contributed by atoms with Crippen LogP contribution in [0.15, 0.2) is 0 Å². The minimum atomic E-state index is -1.91. The smallest absolute Gasteiger partial charge is 0.139 e. The summed E-state index contributed by atoms with van der Waals surface area (Å²) in [5, 5.41) is -1.91. The van der Waals surface area contributed by atoms with Crippen molar-refractivity contribution >= 4 is 767 Å². The fourth-order valence-electron chi connectivity index (χ4n) is 0.879. The zero-order valence-corrected chi connectivity index (χ0v) is 97.1. The molecular weight excluding hydrogens is 2530 g/mol. The molecule has 0 aromatic rings. The molecule has 79 heteroatoms. The molecule has 0 aliphatic heterocycles. The van der Waals surface area contributed by atoms with Gasteiger partial charge in [0.2, 0.25) is 0 Å². The van der Waals surface area contributed by atoms with Gasteiger partial charge < -0.3 is 4.55 Å². The van der Waals surface area contributed by atoms with Crippen LogP contribution in [0.2, 0.25) is 0 Å². The maximum absolute atomic E-state index is 11.5. The summed E-state index contributed by atoms with van der Waals surface area (Å²) in [7, 11) is 130. The van der Waals surface area contributed by atoms with Crippen molar-refractivity contribution in [3.63, 3.8) is 0 Å². The van der Waals surface area contributed by atoms with Crippen molar-refractivity contribution in [1.29, 1.82) is 0 Å². The van der Waals surface area contributed by atoms with Gasteiger partial charge in [-0.05, 0) is 78.6 Å². The third kappa shape index (κ3) is 97.4. The largest absolute Gasteiger partial charge is 0.604 e. The van der Waals surface area contributed by atoms with Gasteiger partial charge in [0.1, 0.15) is 11.5 Å². The van der Waals surface area contributed by atoms with Crippen LogP contribution < -0.4 is 0 Å². The van der Waals surface area contributed by atoms with Crippen LogP contribution in [0.3, 0.4) is 0 Å². The summed E-state index contributed by atoms with van der Waals surface area (Å²) in [5.41, 5.74) is 0. The highest BCUT2D eigenvalue weighted by Crippen LogP contribution is 2.71. The van der Waals surface area contributed by atoms with Crippen LogP contribution in [-0.4, -0.2) is 10.8 Å². The molecule has 1 nitrogen and oxygen atoms in total. The molecule has 0 fully saturated rings. The molecule has 0 aromatic carbocycles. The van der Waals surface area contributed by atoms with Crippen LogP contribution in [0.1, 0.15) is 0 Å². The molecule has 0 aliphatic carbocycles. The Kier molecular flexibility index (Phi) is 132. The molecule has 1 atom stereocenters. The van der Waals surface area contributed by atoms with Gasteiger partial charge >= 0.3 is 0 Å². The fourth-order valence-corrected chi connectivity index (χ4v) is 207. The first kappa shape index (κ1) is 107. The molecule has 482 valence electrons. The average molecular weight is 2530 g/mol. The summed E-state index contributed by atoms with van der Waals surface area (Å²) in [4.78, 5) is 0. The lowest BCUT2D eigenvalue weighted by molar-refractivity contribution is 0.614. The van der Waals surface area contributed by atoms with E-state index in [4.69, 9.17) is 22.4 Å². The highest BCUT2D eigenvalue weighted by Gasteiger charge is 2.15. The van der Waals surface area contributed by atoms with Gasteiger partial charge in [0.05, 0.1) is 0 Å². The number of rotatable bonds is 74. The fraction of sp³-hybridized carbons (Fsp3) is 1.00. The maximum Gasteiger partial charge on any atom is 0.139 e. The van der Waals surface area contributed by atoms with Gasteiger partial charge in [0.15, 0.2) is 0 Å². The first-order valence-corrected chi connectivity index (χ1v) is 117. The normalized spacial score (nSPS) is 12.4. The van der Waals surface area contributed by atoms with E-state index in [0.717, 1.165) is 0 Å². The summed E-state index contributed by atoms with van der Waals surface area (Å²) in [6.07, 6.45) is 1.60. The molecule has 0 radical (unpaired) electrons. The molecule has 0 heterocycles. The van der Waals surface area contributed by atoms with Gasteiger partial charge in [-0.3, -0.25) is 0 Å². The van der Waals surface area contributed by atoms with E-state index in [-0.39, 0.29) is 0 Å². The van der Waals surface area contributed by atoms with Crippen molar-refractivity contribution in [3.05, 3.63) is 0 Å². The first-order chi connectivity index (χ1) is 39.5. The van der Waals surface area contributed by atoms with Crippen molar-refractivity contribution in [2.75, 3.05) is 6.26 Å². The van der Waals surface area contributed by atoms with Gasteiger partial charge in [0, 0.05) is 671 Å². The third-order valence-corrected chi connectivity index (χ3v) is 177. The van der Waals surface area contributed by atoms with Crippen molar-refractivity contribution < 1.29 is 4.55 Å². The van der Waals surface area contributed by atoms with Gasteiger partial charge in [-0.2, -0.15) is 0 Å². The molecule has 0 spiro atoms. The van der Waals surface area contributed by atoms with E-state index >= 15 is 0 Å². The molecule has 0 rings (SSSR count). The molecule has 0 aromatic heterocycles. The molecule has 1 unspecified atom stereocenters. The molecule has 0 saturated heterocycles. The Balaban J connectivity index is 3.10. The minimum Gasteiger partial charge on any atom is -0.604 e. The lowest BCUT2D eigenvalue weighted by Crippen LogP contribution is -2.04. The van der Waals surface area contributed by atoms with E-state index in [1.165, 1.54) is 29.5 Å². The Morgan fingerprint density at radius 1 is 0.200 bits per heavy atom. The Morgan fingerprint density at radius 2 is 0.287 bits per heavy atom. The molecule has 80 heavy (non-hydrogen) atoms. The molecule has 0 amide bonds. The molecule has 0 bridgehead atoms. The van der Waals surface area contributed by atoms with Crippen LogP contribution in [0.4, 0.5) is 0 Å².